The summed E-state index contributed by atoms with van der Waals surface area (Å²) in [6, 6.07) is 10.8. The van der Waals surface area contributed by atoms with Gasteiger partial charge in [-0.25, -0.2) is 0 Å². The van der Waals surface area contributed by atoms with Gasteiger partial charge in [-0.2, -0.15) is 0 Å². The molecule has 1 aromatic carbocycles. The molecule has 0 bridgehead atoms. The van der Waals surface area contributed by atoms with Gasteiger partial charge in [0, 0.05) is 6.21 Å². The fraction of sp³-hybridized carbons (Fsp3) is 0.438. The summed E-state index contributed by atoms with van der Waals surface area (Å²) in [7, 11) is 0.0255. The summed E-state index contributed by atoms with van der Waals surface area (Å²) in [6.45, 7) is 11.2. The predicted octanol–water partition coefficient (Wildman–Crippen LogP) is 3.82. The molecule has 1 rings (SSSR count). The Balaban J connectivity index is 2.89. The maximum absolute atomic E-state index is 4.73. The third kappa shape index (κ3) is 4.06. The van der Waals surface area contributed by atoms with Crippen LogP contribution < -0.4 is 5.19 Å². The highest BCUT2D eigenvalue weighted by Gasteiger charge is 2.34. The van der Waals surface area contributed by atoms with Crippen molar-refractivity contribution in [3.8, 4) is 0 Å². The summed E-state index contributed by atoms with van der Waals surface area (Å²) in [4.78, 5) is 4.73. The minimum Gasteiger partial charge on any atom is -0.399 e. The Morgan fingerprint density at radius 2 is 1.95 bits per heavy atom. The van der Waals surface area contributed by atoms with Crippen molar-refractivity contribution < 1.29 is 4.84 Å². The fourth-order valence-corrected chi connectivity index (χ4v) is 6.31. The first-order valence-electron chi connectivity index (χ1n) is 6.77. The van der Waals surface area contributed by atoms with Gasteiger partial charge < -0.3 is 4.84 Å². The summed E-state index contributed by atoms with van der Waals surface area (Å²) in [5, 5.41) is 5.32. The highest BCUT2D eigenvalue weighted by atomic mass is 28.3. The summed E-state index contributed by atoms with van der Waals surface area (Å²) in [6.07, 6.45) is 4.91. The van der Waals surface area contributed by atoms with Crippen LogP contribution in [0.2, 0.25) is 18.6 Å². The van der Waals surface area contributed by atoms with Crippen molar-refractivity contribution in [2.45, 2.75) is 32.0 Å². The molecule has 0 saturated carbocycles. The molecule has 1 aromatic rings. The van der Waals surface area contributed by atoms with Gasteiger partial charge in [-0.1, -0.05) is 66.8 Å². The molecule has 0 aromatic heterocycles. The maximum atomic E-state index is 4.73. The van der Waals surface area contributed by atoms with Crippen molar-refractivity contribution in [3.63, 3.8) is 0 Å². The van der Waals surface area contributed by atoms with Crippen LogP contribution in [0.1, 0.15) is 13.3 Å². The summed E-state index contributed by atoms with van der Waals surface area (Å²) in [5.74, 6) is 0.526. The number of nitrogens with zero attached hydrogens (tertiary/aromatic N) is 1. The van der Waals surface area contributed by atoms with Crippen LogP contribution in [0.4, 0.5) is 0 Å². The quantitative estimate of drug-likeness (QED) is 0.321. The molecule has 19 heavy (non-hydrogen) atoms. The molecular weight excluding hydrogens is 250 g/mol. The Hall–Kier alpha value is -1.35. The highest BCUT2D eigenvalue weighted by Crippen LogP contribution is 2.32. The van der Waals surface area contributed by atoms with Crippen LogP contribution in [0.25, 0.3) is 0 Å². The average molecular weight is 275 g/mol. The van der Waals surface area contributed by atoms with E-state index in [1.165, 1.54) is 5.19 Å². The lowest BCUT2D eigenvalue weighted by atomic mass is 10.0. The van der Waals surface area contributed by atoms with E-state index in [2.05, 4.69) is 68.2 Å². The molecule has 0 aliphatic heterocycles. The molecule has 0 aliphatic rings. The van der Waals surface area contributed by atoms with Crippen LogP contribution in [0.5, 0.6) is 0 Å². The highest BCUT2D eigenvalue weighted by molar-refractivity contribution is 6.91. The second kappa shape index (κ2) is 7.29. The Kier molecular flexibility index (Phi) is 6.02. The number of hydrogen-bond donors (Lipinski definition) is 0. The van der Waals surface area contributed by atoms with Crippen LogP contribution >= 0.6 is 0 Å². The zero-order valence-corrected chi connectivity index (χ0v) is 13.5. The molecule has 2 nitrogen and oxygen atoms in total. The molecule has 0 amide bonds. The van der Waals surface area contributed by atoms with E-state index >= 15 is 0 Å². The van der Waals surface area contributed by atoms with Crippen molar-refractivity contribution in [1.82, 2.24) is 0 Å². The molecule has 0 aliphatic carbocycles. The lowest BCUT2D eigenvalue weighted by molar-refractivity contribution is 0.214. The van der Waals surface area contributed by atoms with Crippen molar-refractivity contribution in [2.24, 2.45) is 11.1 Å². The molecule has 104 valence electrons. The molecule has 2 atom stereocenters. The lowest BCUT2D eigenvalue weighted by Gasteiger charge is -2.34. The minimum absolute atomic E-state index is 0.526. The first-order chi connectivity index (χ1) is 9.04. The standard InChI is InChI=1S/C16H25NOSi/c1-6-16(14(2)12-13-17-18-3)19(4,5)15-10-8-7-9-11-15/h6-11,13-14,16H,1,12H2,2-5H3/b17-13+/t14-,16+/m0/s1. The molecule has 0 spiro atoms. The molecule has 0 saturated heterocycles. The lowest BCUT2D eigenvalue weighted by Crippen LogP contribution is -2.47. The van der Waals surface area contributed by atoms with Crippen molar-refractivity contribution in [1.29, 1.82) is 0 Å². The zero-order chi connectivity index (χ0) is 14.3. The summed E-state index contributed by atoms with van der Waals surface area (Å²) >= 11 is 0. The molecule has 0 radical (unpaired) electrons. The Bertz CT molecular complexity index is 414. The van der Waals surface area contributed by atoms with Gasteiger partial charge in [0.25, 0.3) is 0 Å². The Morgan fingerprint density at radius 3 is 2.47 bits per heavy atom. The SMILES string of the molecule is C=C[C@H]([C@@H](C)C/C=N/OC)[Si](C)(C)c1ccccc1. The second-order valence-corrected chi connectivity index (χ2v) is 10.2. The minimum atomic E-state index is -1.55. The van der Waals surface area contributed by atoms with Gasteiger partial charge in [-0.3, -0.25) is 0 Å². The van der Waals surface area contributed by atoms with Gasteiger partial charge in [0.15, 0.2) is 0 Å². The summed E-state index contributed by atoms with van der Waals surface area (Å²) < 4.78 is 0. The second-order valence-electron chi connectivity index (χ2n) is 5.53. The van der Waals surface area contributed by atoms with Gasteiger partial charge in [-0.05, 0) is 17.9 Å². The number of benzene rings is 1. The third-order valence-corrected chi connectivity index (χ3v) is 8.17. The van der Waals surface area contributed by atoms with E-state index < -0.39 is 8.07 Å². The van der Waals surface area contributed by atoms with Crippen molar-refractivity contribution in [3.05, 3.63) is 43.0 Å². The van der Waals surface area contributed by atoms with Gasteiger partial charge in [0.1, 0.15) is 7.11 Å². The van der Waals surface area contributed by atoms with Gasteiger partial charge in [0.05, 0.1) is 8.07 Å². The smallest absolute Gasteiger partial charge is 0.106 e. The first-order valence-corrected chi connectivity index (χ1v) is 9.84. The van der Waals surface area contributed by atoms with E-state index in [4.69, 9.17) is 4.84 Å². The van der Waals surface area contributed by atoms with E-state index in [0.717, 1.165) is 6.42 Å². The number of rotatable bonds is 7. The molecular formula is C16H25NOSi. The number of allylic oxidation sites excluding steroid dienone is 1. The molecule has 0 N–H and O–H groups in total. The topological polar surface area (TPSA) is 21.6 Å². The Labute approximate surface area is 118 Å². The van der Waals surface area contributed by atoms with Crippen LogP contribution in [0.15, 0.2) is 48.1 Å². The van der Waals surface area contributed by atoms with Crippen LogP contribution in [-0.4, -0.2) is 21.4 Å². The van der Waals surface area contributed by atoms with Crippen molar-refractivity contribution >= 4 is 19.5 Å². The predicted molar refractivity (Wildman–Crippen MR) is 86.8 cm³/mol. The normalized spacial score (nSPS) is 15.2. The van der Waals surface area contributed by atoms with Crippen LogP contribution in [0.3, 0.4) is 0 Å². The first kappa shape index (κ1) is 15.7. The molecule has 3 heteroatoms. The van der Waals surface area contributed by atoms with Crippen molar-refractivity contribution in [2.75, 3.05) is 7.11 Å². The van der Waals surface area contributed by atoms with E-state index in [-0.39, 0.29) is 0 Å². The third-order valence-electron chi connectivity index (χ3n) is 3.88. The van der Waals surface area contributed by atoms with Gasteiger partial charge in [0.2, 0.25) is 0 Å². The van der Waals surface area contributed by atoms with Gasteiger partial charge in [-0.15, -0.1) is 6.58 Å². The molecule has 0 heterocycles. The Morgan fingerprint density at radius 1 is 1.32 bits per heavy atom. The zero-order valence-electron chi connectivity index (χ0n) is 12.5. The number of hydrogen-bond acceptors (Lipinski definition) is 2. The van der Waals surface area contributed by atoms with Crippen LogP contribution in [0, 0.1) is 5.92 Å². The van der Waals surface area contributed by atoms with E-state index in [9.17, 15) is 0 Å². The van der Waals surface area contributed by atoms with E-state index in [1.54, 1.807) is 7.11 Å². The average Bonchev–Trinajstić information content (AvgIpc) is 2.40. The summed E-state index contributed by atoms with van der Waals surface area (Å²) in [5.41, 5.74) is 0.526. The number of oxime groups is 1. The van der Waals surface area contributed by atoms with E-state index in [0.29, 0.717) is 11.5 Å². The molecule has 0 fully saturated rings. The monoisotopic (exact) mass is 275 g/mol. The maximum Gasteiger partial charge on any atom is 0.106 e. The van der Waals surface area contributed by atoms with E-state index in [1.807, 2.05) is 6.21 Å². The fourth-order valence-electron chi connectivity index (χ4n) is 2.73. The largest absolute Gasteiger partial charge is 0.399 e. The van der Waals surface area contributed by atoms with Gasteiger partial charge >= 0.3 is 0 Å². The van der Waals surface area contributed by atoms with Crippen LogP contribution in [-0.2, 0) is 4.84 Å². The molecule has 0 unspecified atom stereocenters.